The molecule has 0 aliphatic heterocycles. The van der Waals surface area contributed by atoms with Gasteiger partial charge in [-0.2, -0.15) is 15.4 Å². The molecule has 82 valence electrons. The highest BCUT2D eigenvalue weighted by Crippen LogP contribution is 2.23. The number of rotatable bonds is 3. The lowest BCUT2D eigenvalue weighted by atomic mass is 10.3. The summed E-state index contributed by atoms with van der Waals surface area (Å²) in [5, 5.41) is 22.5. The second-order valence-electron chi connectivity index (χ2n) is 2.78. The molecule has 8 heteroatoms. The molecular weight excluding hydrogens is 232 g/mol. The van der Waals surface area contributed by atoms with Crippen molar-refractivity contribution in [2.24, 2.45) is 0 Å². The first-order chi connectivity index (χ1) is 7.68. The minimum absolute atomic E-state index is 0.0573. The molecule has 0 saturated heterocycles. The standard InChI is InChI=1S/C8H6N4O3S/c13-6(5-3-9-12-11-5)10-7-4(8(14)15)1-2-16-7/h1-3H,(H,10,13)(H,14,15)(H,9,11,12). The summed E-state index contributed by atoms with van der Waals surface area (Å²) in [5.74, 6) is -1.59. The van der Waals surface area contributed by atoms with E-state index < -0.39 is 11.9 Å². The molecule has 2 rings (SSSR count). The molecule has 2 aromatic rings. The van der Waals surface area contributed by atoms with Gasteiger partial charge in [-0.15, -0.1) is 11.3 Å². The quantitative estimate of drug-likeness (QED) is 0.733. The van der Waals surface area contributed by atoms with E-state index in [1.807, 2.05) is 0 Å². The number of hydrogen-bond donors (Lipinski definition) is 3. The van der Waals surface area contributed by atoms with Crippen LogP contribution in [0.25, 0.3) is 0 Å². The first kappa shape index (κ1) is 10.3. The number of aromatic carboxylic acids is 1. The molecule has 3 N–H and O–H groups in total. The summed E-state index contributed by atoms with van der Waals surface area (Å²) in [7, 11) is 0. The number of nitrogens with one attached hydrogen (secondary N) is 2. The van der Waals surface area contributed by atoms with E-state index in [0.29, 0.717) is 0 Å². The van der Waals surface area contributed by atoms with E-state index in [2.05, 4.69) is 20.7 Å². The van der Waals surface area contributed by atoms with Gasteiger partial charge < -0.3 is 10.4 Å². The van der Waals surface area contributed by atoms with Gasteiger partial charge in [0.2, 0.25) is 0 Å². The van der Waals surface area contributed by atoms with Crippen LogP contribution < -0.4 is 5.32 Å². The number of aromatic nitrogens is 3. The zero-order chi connectivity index (χ0) is 11.5. The van der Waals surface area contributed by atoms with Gasteiger partial charge in [0.15, 0.2) is 5.69 Å². The van der Waals surface area contributed by atoms with Gasteiger partial charge in [-0.1, -0.05) is 0 Å². The molecule has 0 radical (unpaired) electrons. The Morgan fingerprint density at radius 1 is 1.50 bits per heavy atom. The zero-order valence-corrected chi connectivity index (χ0v) is 8.61. The lowest BCUT2D eigenvalue weighted by Gasteiger charge is -2.00. The normalized spacial score (nSPS) is 10.0. The summed E-state index contributed by atoms with van der Waals surface area (Å²) < 4.78 is 0. The van der Waals surface area contributed by atoms with Gasteiger partial charge in [-0.3, -0.25) is 4.79 Å². The fourth-order valence-electron chi connectivity index (χ4n) is 1.05. The maximum atomic E-state index is 11.5. The second-order valence-corrected chi connectivity index (χ2v) is 3.69. The number of carbonyl (C=O) groups is 2. The summed E-state index contributed by atoms with van der Waals surface area (Å²) in [6.45, 7) is 0. The molecule has 0 fully saturated rings. The molecule has 0 aliphatic rings. The lowest BCUT2D eigenvalue weighted by Crippen LogP contribution is -2.13. The van der Waals surface area contributed by atoms with E-state index in [4.69, 9.17) is 5.11 Å². The van der Waals surface area contributed by atoms with Crippen molar-refractivity contribution in [3.8, 4) is 0 Å². The topological polar surface area (TPSA) is 108 Å². The first-order valence-electron chi connectivity index (χ1n) is 4.16. The number of carbonyl (C=O) groups excluding carboxylic acids is 1. The summed E-state index contributed by atoms with van der Waals surface area (Å²) in [5.41, 5.74) is 0.159. The van der Waals surface area contributed by atoms with Crippen LogP contribution in [-0.2, 0) is 0 Å². The summed E-state index contributed by atoms with van der Waals surface area (Å²) >= 11 is 1.13. The fraction of sp³-hybridized carbons (Fsp3) is 0. The van der Waals surface area contributed by atoms with Gasteiger partial charge in [0.05, 0.1) is 11.8 Å². The Labute approximate surface area is 93.1 Å². The molecule has 2 heterocycles. The Morgan fingerprint density at radius 3 is 2.94 bits per heavy atom. The summed E-state index contributed by atoms with van der Waals surface area (Å²) in [6, 6.07) is 1.42. The van der Waals surface area contributed by atoms with E-state index in [9.17, 15) is 9.59 Å². The predicted octanol–water partition coefficient (Wildman–Crippen LogP) is 0.817. The van der Waals surface area contributed by atoms with Crippen molar-refractivity contribution < 1.29 is 14.7 Å². The molecule has 7 nitrogen and oxygen atoms in total. The predicted molar refractivity (Wildman–Crippen MR) is 55.6 cm³/mol. The molecule has 0 atom stereocenters. The maximum absolute atomic E-state index is 11.5. The van der Waals surface area contributed by atoms with Gasteiger partial charge in [0.25, 0.3) is 5.91 Å². The fourth-order valence-corrected chi connectivity index (χ4v) is 1.83. The zero-order valence-electron chi connectivity index (χ0n) is 7.80. The summed E-state index contributed by atoms with van der Waals surface area (Å²) in [6.07, 6.45) is 1.25. The van der Waals surface area contributed by atoms with Crippen molar-refractivity contribution >= 4 is 28.2 Å². The average Bonchev–Trinajstić information content (AvgIpc) is 2.86. The van der Waals surface area contributed by atoms with Crippen LogP contribution in [0.1, 0.15) is 20.8 Å². The Hall–Kier alpha value is -2.22. The Bertz CT molecular complexity index is 519. The Morgan fingerprint density at radius 2 is 2.31 bits per heavy atom. The maximum Gasteiger partial charge on any atom is 0.338 e. The number of nitrogens with zero attached hydrogens (tertiary/aromatic N) is 2. The van der Waals surface area contributed by atoms with E-state index in [1.165, 1.54) is 12.3 Å². The molecule has 0 saturated carbocycles. The van der Waals surface area contributed by atoms with Crippen LogP contribution in [0.2, 0.25) is 0 Å². The number of H-pyrrole nitrogens is 1. The largest absolute Gasteiger partial charge is 0.478 e. The number of amides is 1. The first-order valence-corrected chi connectivity index (χ1v) is 5.04. The third-order valence-corrected chi connectivity index (χ3v) is 2.60. The third-order valence-electron chi connectivity index (χ3n) is 1.77. The number of carboxylic acids is 1. The number of thiophene rings is 1. The van der Waals surface area contributed by atoms with Crippen molar-refractivity contribution in [3.05, 3.63) is 28.9 Å². The summed E-state index contributed by atoms with van der Waals surface area (Å²) in [4.78, 5) is 22.3. The third kappa shape index (κ3) is 1.91. The molecule has 0 aromatic carbocycles. The molecule has 0 bridgehead atoms. The van der Waals surface area contributed by atoms with Crippen LogP contribution in [0.3, 0.4) is 0 Å². The lowest BCUT2D eigenvalue weighted by molar-refractivity contribution is 0.0698. The Kier molecular flexibility index (Phi) is 2.64. The minimum atomic E-state index is -1.09. The number of hydrogen-bond acceptors (Lipinski definition) is 5. The monoisotopic (exact) mass is 238 g/mol. The SMILES string of the molecule is O=C(Nc1sccc1C(=O)O)c1cn[nH]n1. The molecular formula is C8H6N4O3S. The van der Waals surface area contributed by atoms with Gasteiger partial charge in [-0.05, 0) is 11.4 Å². The molecule has 0 unspecified atom stereocenters. The number of carboxylic acid groups (broad SMARTS) is 1. The van der Waals surface area contributed by atoms with E-state index in [1.54, 1.807) is 5.38 Å². The Balaban J connectivity index is 2.18. The molecule has 0 aliphatic carbocycles. The van der Waals surface area contributed by atoms with Crippen LogP contribution in [-0.4, -0.2) is 32.4 Å². The highest BCUT2D eigenvalue weighted by Gasteiger charge is 2.15. The smallest absolute Gasteiger partial charge is 0.338 e. The van der Waals surface area contributed by atoms with Crippen LogP contribution >= 0.6 is 11.3 Å². The van der Waals surface area contributed by atoms with Gasteiger partial charge >= 0.3 is 5.97 Å². The van der Waals surface area contributed by atoms with Gasteiger partial charge in [-0.25, -0.2) is 4.79 Å². The van der Waals surface area contributed by atoms with E-state index in [-0.39, 0.29) is 16.3 Å². The van der Waals surface area contributed by atoms with Crippen LogP contribution in [0.4, 0.5) is 5.00 Å². The second kappa shape index (κ2) is 4.11. The van der Waals surface area contributed by atoms with Gasteiger partial charge in [0, 0.05) is 0 Å². The highest BCUT2D eigenvalue weighted by atomic mass is 32.1. The number of anilines is 1. The number of aromatic amines is 1. The van der Waals surface area contributed by atoms with E-state index >= 15 is 0 Å². The van der Waals surface area contributed by atoms with Crippen molar-refractivity contribution in [2.75, 3.05) is 5.32 Å². The van der Waals surface area contributed by atoms with Crippen LogP contribution in [0.5, 0.6) is 0 Å². The molecule has 0 spiro atoms. The highest BCUT2D eigenvalue weighted by molar-refractivity contribution is 7.14. The van der Waals surface area contributed by atoms with E-state index in [0.717, 1.165) is 11.3 Å². The van der Waals surface area contributed by atoms with Crippen LogP contribution in [0.15, 0.2) is 17.6 Å². The van der Waals surface area contributed by atoms with Gasteiger partial charge in [0.1, 0.15) is 5.00 Å². The molecule has 2 aromatic heterocycles. The molecule has 1 amide bonds. The van der Waals surface area contributed by atoms with Crippen LogP contribution in [0, 0.1) is 0 Å². The van der Waals surface area contributed by atoms with Crippen molar-refractivity contribution in [2.45, 2.75) is 0 Å². The van der Waals surface area contributed by atoms with Crippen molar-refractivity contribution in [1.29, 1.82) is 0 Å². The van der Waals surface area contributed by atoms with Crippen molar-refractivity contribution in [1.82, 2.24) is 15.4 Å². The average molecular weight is 238 g/mol. The minimum Gasteiger partial charge on any atom is -0.478 e. The molecule has 16 heavy (non-hydrogen) atoms. The van der Waals surface area contributed by atoms with Crippen molar-refractivity contribution in [3.63, 3.8) is 0 Å².